The molecule has 0 unspecified atom stereocenters. The molecule has 1 aromatic carbocycles. The Labute approximate surface area is 162 Å². The topological polar surface area (TPSA) is 65.1 Å². The lowest BCUT2D eigenvalue weighted by atomic mass is 10.0. The number of methoxy groups -OCH3 is 2. The van der Waals surface area contributed by atoms with Gasteiger partial charge in [-0.2, -0.15) is 0 Å². The van der Waals surface area contributed by atoms with E-state index in [0.29, 0.717) is 22.9 Å². The number of thiophene rings is 1. The van der Waals surface area contributed by atoms with Crippen LogP contribution in [0.15, 0.2) is 30.3 Å². The zero-order chi connectivity index (χ0) is 19.4. The van der Waals surface area contributed by atoms with E-state index < -0.39 is 5.97 Å². The number of amides is 1. The molecule has 0 spiro atoms. The summed E-state index contributed by atoms with van der Waals surface area (Å²) in [5.74, 6) is 0.760. The average molecular weight is 389 g/mol. The molecule has 0 N–H and O–H groups in total. The summed E-state index contributed by atoms with van der Waals surface area (Å²) in [7, 11) is 3.21. The molecule has 0 bridgehead atoms. The predicted molar refractivity (Wildman–Crippen MR) is 103 cm³/mol. The Morgan fingerprint density at radius 1 is 1.19 bits per heavy atom. The van der Waals surface area contributed by atoms with Gasteiger partial charge in [0.1, 0.15) is 16.4 Å². The average Bonchev–Trinajstić information content (AvgIpc) is 3.34. The zero-order valence-electron chi connectivity index (χ0n) is 15.7. The number of hydrogen-bond acceptors (Lipinski definition) is 6. The molecular weight excluding hydrogens is 366 g/mol. The summed E-state index contributed by atoms with van der Waals surface area (Å²) in [5.41, 5.74) is 0.905. The Bertz CT molecular complexity index is 832. The summed E-state index contributed by atoms with van der Waals surface area (Å²) in [5, 5.41) is 0. The van der Waals surface area contributed by atoms with E-state index in [4.69, 9.17) is 14.2 Å². The lowest BCUT2D eigenvalue weighted by Gasteiger charge is -2.26. The van der Waals surface area contributed by atoms with Gasteiger partial charge in [-0.05, 0) is 50.1 Å². The summed E-state index contributed by atoms with van der Waals surface area (Å²) in [6.45, 7) is 2.28. The molecule has 144 valence electrons. The largest absolute Gasteiger partial charge is 0.497 e. The number of likely N-dealkylation sites (tertiary alicyclic amines) is 1. The maximum absolute atomic E-state index is 12.7. The number of hydrogen-bond donors (Lipinski definition) is 0. The number of ether oxygens (including phenoxy) is 3. The molecule has 2 heterocycles. The van der Waals surface area contributed by atoms with Crippen molar-refractivity contribution in [1.82, 2.24) is 4.90 Å². The first-order valence-electron chi connectivity index (χ1n) is 8.78. The quantitative estimate of drug-likeness (QED) is 0.707. The van der Waals surface area contributed by atoms with Crippen LogP contribution in [0.1, 0.15) is 39.0 Å². The Balaban J connectivity index is 1.70. The van der Waals surface area contributed by atoms with Gasteiger partial charge in [0.05, 0.1) is 20.3 Å². The molecule has 27 heavy (non-hydrogen) atoms. The van der Waals surface area contributed by atoms with Crippen LogP contribution in [-0.2, 0) is 9.53 Å². The first-order chi connectivity index (χ1) is 13.0. The minimum atomic E-state index is -0.462. The first-order valence-corrected chi connectivity index (χ1v) is 9.60. The highest BCUT2D eigenvalue weighted by molar-refractivity contribution is 7.13. The van der Waals surface area contributed by atoms with E-state index in [-0.39, 0.29) is 18.6 Å². The number of benzene rings is 1. The van der Waals surface area contributed by atoms with Crippen molar-refractivity contribution in [3.05, 3.63) is 45.6 Å². The third kappa shape index (κ3) is 4.24. The maximum atomic E-state index is 12.7. The number of esters is 1. The molecular formula is C20H23NO5S. The fraction of sp³-hybridized carbons (Fsp3) is 0.400. The SMILES string of the molecule is COc1ccc(OC)c([C@@H]2CCCN2C(=O)COC(=O)c2ccc(C)s2)c1. The fourth-order valence-corrected chi connectivity index (χ4v) is 4.08. The van der Waals surface area contributed by atoms with E-state index in [1.54, 1.807) is 25.2 Å². The number of carbonyl (C=O) groups excluding carboxylic acids is 2. The van der Waals surface area contributed by atoms with Crippen LogP contribution in [-0.4, -0.2) is 44.1 Å². The molecule has 6 nitrogen and oxygen atoms in total. The van der Waals surface area contributed by atoms with E-state index in [0.717, 1.165) is 23.3 Å². The Morgan fingerprint density at radius 2 is 2.00 bits per heavy atom. The molecule has 1 amide bonds. The summed E-state index contributed by atoms with van der Waals surface area (Å²) < 4.78 is 16.0. The number of carbonyl (C=O) groups is 2. The molecule has 0 saturated carbocycles. The van der Waals surface area contributed by atoms with Gasteiger partial charge in [-0.3, -0.25) is 4.79 Å². The highest BCUT2D eigenvalue weighted by Crippen LogP contribution is 2.38. The lowest BCUT2D eigenvalue weighted by Crippen LogP contribution is -2.34. The molecule has 1 aliphatic heterocycles. The van der Waals surface area contributed by atoms with Gasteiger partial charge < -0.3 is 19.1 Å². The number of rotatable bonds is 6. The van der Waals surface area contributed by atoms with Crippen LogP contribution in [0.5, 0.6) is 11.5 Å². The van der Waals surface area contributed by atoms with Gasteiger partial charge in [-0.25, -0.2) is 4.79 Å². The zero-order valence-corrected chi connectivity index (χ0v) is 16.5. The number of aryl methyl sites for hydroxylation is 1. The third-order valence-electron chi connectivity index (χ3n) is 4.64. The molecule has 1 atom stereocenters. The minimum absolute atomic E-state index is 0.120. The van der Waals surface area contributed by atoms with Gasteiger partial charge in [0.15, 0.2) is 6.61 Å². The van der Waals surface area contributed by atoms with Gasteiger partial charge >= 0.3 is 5.97 Å². The van der Waals surface area contributed by atoms with Crippen molar-refractivity contribution < 1.29 is 23.8 Å². The Kier molecular flexibility index (Phi) is 6.01. The van der Waals surface area contributed by atoms with Crippen LogP contribution < -0.4 is 9.47 Å². The van der Waals surface area contributed by atoms with E-state index in [2.05, 4.69) is 0 Å². The van der Waals surface area contributed by atoms with E-state index in [9.17, 15) is 9.59 Å². The lowest BCUT2D eigenvalue weighted by molar-refractivity contribution is -0.135. The van der Waals surface area contributed by atoms with Crippen LogP contribution in [0.3, 0.4) is 0 Å². The van der Waals surface area contributed by atoms with E-state index in [1.165, 1.54) is 11.3 Å². The Morgan fingerprint density at radius 3 is 2.67 bits per heavy atom. The summed E-state index contributed by atoms with van der Waals surface area (Å²) in [6, 6.07) is 9.02. The molecule has 1 fully saturated rings. The van der Waals surface area contributed by atoms with Gasteiger partial charge in [0, 0.05) is 17.0 Å². The van der Waals surface area contributed by atoms with Gasteiger partial charge in [0.2, 0.25) is 0 Å². The van der Waals surface area contributed by atoms with Crippen molar-refractivity contribution in [3.63, 3.8) is 0 Å². The molecule has 7 heteroatoms. The van der Waals surface area contributed by atoms with Crippen molar-refractivity contribution in [2.75, 3.05) is 27.4 Å². The minimum Gasteiger partial charge on any atom is -0.497 e. The normalized spacial score (nSPS) is 16.3. The standard InChI is InChI=1S/C20H23NO5S/c1-13-6-9-18(27-13)20(23)26-12-19(22)21-10-4-5-16(21)15-11-14(24-2)7-8-17(15)25-3/h6-9,11,16H,4-5,10,12H2,1-3H3/t16-/m0/s1. The highest BCUT2D eigenvalue weighted by atomic mass is 32.1. The van der Waals surface area contributed by atoms with Crippen LogP contribution in [0.25, 0.3) is 0 Å². The third-order valence-corrected chi connectivity index (χ3v) is 5.62. The van der Waals surface area contributed by atoms with Crippen molar-refractivity contribution in [2.45, 2.75) is 25.8 Å². The van der Waals surface area contributed by atoms with E-state index in [1.807, 2.05) is 31.2 Å². The monoisotopic (exact) mass is 389 g/mol. The Hall–Kier alpha value is -2.54. The molecule has 0 radical (unpaired) electrons. The van der Waals surface area contributed by atoms with E-state index >= 15 is 0 Å². The van der Waals surface area contributed by atoms with Gasteiger partial charge in [0.25, 0.3) is 5.91 Å². The highest BCUT2D eigenvalue weighted by Gasteiger charge is 2.32. The van der Waals surface area contributed by atoms with Crippen LogP contribution >= 0.6 is 11.3 Å². The second-order valence-electron chi connectivity index (χ2n) is 6.34. The predicted octanol–water partition coefficient (Wildman–Crippen LogP) is 3.59. The van der Waals surface area contributed by atoms with Gasteiger partial charge in [-0.1, -0.05) is 0 Å². The molecule has 1 saturated heterocycles. The smallest absolute Gasteiger partial charge is 0.348 e. The van der Waals surface area contributed by atoms with Gasteiger partial charge in [-0.15, -0.1) is 11.3 Å². The van der Waals surface area contributed by atoms with Crippen LogP contribution in [0.4, 0.5) is 0 Å². The summed E-state index contributed by atoms with van der Waals surface area (Å²) in [4.78, 5) is 28.1. The fourth-order valence-electron chi connectivity index (χ4n) is 3.31. The molecule has 1 aromatic heterocycles. The van der Waals surface area contributed by atoms with Crippen molar-refractivity contribution >= 4 is 23.2 Å². The molecule has 1 aliphatic rings. The molecule has 3 rings (SSSR count). The summed E-state index contributed by atoms with van der Waals surface area (Å²) in [6.07, 6.45) is 1.71. The van der Waals surface area contributed by atoms with Crippen molar-refractivity contribution in [1.29, 1.82) is 0 Å². The van der Waals surface area contributed by atoms with Crippen LogP contribution in [0, 0.1) is 6.92 Å². The first kappa shape index (κ1) is 19.2. The van der Waals surface area contributed by atoms with Crippen molar-refractivity contribution in [2.24, 2.45) is 0 Å². The number of nitrogens with zero attached hydrogens (tertiary/aromatic N) is 1. The molecule has 0 aliphatic carbocycles. The molecule has 2 aromatic rings. The van der Waals surface area contributed by atoms with Crippen LogP contribution in [0.2, 0.25) is 0 Å². The second-order valence-corrected chi connectivity index (χ2v) is 7.63. The maximum Gasteiger partial charge on any atom is 0.348 e. The van der Waals surface area contributed by atoms with Crippen molar-refractivity contribution in [3.8, 4) is 11.5 Å². The summed E-state index contributed by atoms with van der Waals surface area (Å²) >= 11 is 1.36. The second kappa shape index (κ2) is 8.43.